The molecule has 3 heterocycles. The number of hydrogen-bond acceptors (Lipinski definition) is 5. The molecule has 2 aromatic rings. The predicted molar refractivity (Wildman–Crippen MR) is 91.3 cm³/mol. The van der Waals surface area contributed by atoms with Crippen LogP contribution in [-0.2, 0) is 0 Å². The second-order valence-electron chi connectivity index (χ2n) is 6.47. The van der Waals surface area contributed by atoms with Crippen LogP contribution < -0.4 is 10.6 Å². The van der Waals surface area contributed by atoms with Crippen molar-refractivity contribution in [3.63, 3.8) is 0 Å². The first-order chi connectivity index (χ1) is 11.7. The van der Waals surface area contributed by atoms with Crippen LogP contribution in [0, 0.1) is 0 Å². The molecule has 7 nitrogen and oxygen atoms in total. The SMILES string of the molecule is CC1=CNCN1CCCNC(=O)c1ccnc2nc(C3CC3)[nH]c12. The zero-order valence-electron chi connectivity index (χ0n) is 13.8. The van der Waals surface area contributed by atoms with Gasteiger partial charge in [0.15, 0.2) is 5.65 Å². The summed E-state index contributed by atoms with van der Waals surface area (Å²) in [6.45, 7) is 4.51. The summed E-state index contributed by atoms with van der Waals surface area (Å²) >= 11 is 0. The van der Waals surface area contributed by atoms with Crippen molar-refractivity contribution in [2.75, 3.05) is 19.8 Å². The van der Waals surface area contributed by atoms with E-state index in [2.05, 4.69) is 37.4 Å². The van der Waals surface area contributed by atoms with E-state index in [4.69, 9.17) is 0 Å². The molecule has 2 aromatic heterocycles. The third-order valence-electron chi connectivity index (χ3n) is 4.60. The molecular formula is C17H22N6O. The first-order valence-corrected chi connectivity index (χ1v) is 8.50. The molecule has 4 rings (SSSR count). The molecule has 0 atom stereocenters. The lowest BCUT2D eigenvalue weighted by Gasteiger charge is -2.18. The second-order valence-corrected chi connectivity index (χ2v) is 6.47. The van der Waals surface area contributed by atoms with Crippen LogP contribution in [0.2, 0.25) is 0 Å². The van der Waals surface area contributed by atoms with Crippen LogP contribution in [0.4, 0.5) is 0 Å². The van der Waals surface area contributed by atoms with Gasteiger partial charge in [0.05, 0.1) is 17.7 Å². The van der Waals surface area contributed by atoms with Crippen molar-refractivity contribution < 1.29 is 4.79 Å². The lowest BCUT2D eigenvalue weighted by atomic mass is 10.2. The number of amides is 1. The largest absolute Gasteiger partial charge is 0.372 e. The standard InChI is InChI=1S/C17H22N6O/c1-11-9-18-10-23(11)8-2-6-20-17(24)13-5-7-19-16-14(13)21-15(22-16)12-3-4-12/h5,7,9,12,18H,2-4,6,8,10H2,1H3,(H,20,24)(H,19,21,22). The molecule has 24 heavy (non-hydrogen) atoms. The van der Waals surface area contributed by atoms with E-state index in [1.54, 1.807) is 12.3 Å². The van der Waals surface area contributed by atoms with Gasteiger partial charge in [-0.2, -0.15) is 0 Å². The average molecular weight is 326 g/mol. The number of aromatic amines is 1. The van der Waals surface area contributed by atoms with Crippen molar-refractivity contribution in [2.24, 2.45) is 0 Å². The Hall–Kier alpha value is -2.57. The van der Waals surface area contributed by atoms with Gasteiger partial charge >= 0.3 is 0 Å². The lowest BCUT2D eigenvalue weighted by molar-refractivity contribution is 0.0953. The van der Waals surface area contributed by atoms with Crippen LogP contribution in [0.3, 0.4) is 0 Å². The van der Waals surface area contributed by atoms with Crippen LogP contribution in [0.1, 0.15) is 48.3 Å². The van der Waals surface area contributed by atoms with E-state index in [9.17, 15) is 4.79 Å². The highest BCUT2D eigenvalue weighted by Crippen LogP contribution is 2.39. The zero-order valence-corrected chi connectivity index (χ0v) is 13.8. The van der Waals surface area contributed by atoms with Gasteiger partial charge in [0.2, 0.25) is 0 Å². The van der Waals surface area contributed by atoms with Crippen molar-refractivity contribution in [2.45, 2.75) is 32.1 Å². The number of carbonyl (C=O) groups excluding carboxylic acids is 1. The van der Waals surface area contributed by atoms with E-state index < -0.39 is 0 Å². The predicted octanol–water partition coefficient (Wildman–Crippen LogP) is 1.68. The fourth-order valence-electron chi connectivity index (χ4n) is 3.01. The number of aromatic nitrogens is 3. The number of H-pyrrole nitrogens is 1. The Morgan fingerprint density at radius 2 is 2.33 bits per heavy atom. The molecule has 0 bridgehead atoms. The molecule has 1 fully saturated rings. The molecule has 3 N–H and O–H groups in total. The van der Waals surface area contributed by atoms with Gasteiger partial charge in [0, 0.05) is 37.1 Å². The quantitative estimate of drug-likeness (QED) is 0.703. The first-order valence-electron chi connectivity index (χ1n) is 8.50. The molecule has 7 heteroatoms. The van der Waals surface area contributed by atoms with Crippen LogP contribution >= 0.6 is 0 Å². The number of imidazole rings is 1. The van der Waals surface area contributed by atoms with Crippen LogP contribution in [0.25, 0.3) is 11.2 Å². The molecule has 0 saturated heterocycles. The Morgan fingerprint density at radius 1 is 1.46 bits per heavy atom. The van der Waals surface area contributed by atoms with E-state index >= 15 is 0 Å². The van der Waals surface area contributed by atoms with E-state index in [1.165, 1.54) is 18.5 Å². The van der Waals surface area contributed by atoms with Crippen LogP contribution in [0.5, 0.6) is 0 Å². The molecule has 1 saturated carbocycles. The van der Waals surface area contributed by atoms with Gasteiger partial charge in [-0.3, -0.25) is 4.79 Å². The molecule has 0 unspecified atom stereocenters. The number of hydrogen-bond donors (Lipinski definition) is 3. The molecule has 0 spiro atoms. The molecule has 0 radical (unpaired) electrons. The Balaban J connectivity index is 1.37. The third kappa shape index (κ3) is 2.93. The minimum atomic E-state index is -0.0693. The summed E-state index contributed by atoms with van der Waals surface area (Å²) in [6.07, 6.45) is 6.91. The van der Waals surface area contributed by atoms with E-state index in [0.29, 0.717) is 23.7 Å². The number of rotatable bonds is 6. The highest BCUT2D eigenvalue weighted by molar-refractivity contribution is 6.04. The van der Waals surface area contributed by atoms with Gasteiger partial charge in [-0.05, 0) is 32.3 Å². The van der Waals surface area contributed by atoms with E-state index in [0.717, 1.165) is 31.0 Å². The van der Waals surface area contributed by atoms with E-state index in [1.807, 2.05) is 6.20 Å². The van der Waals surface area contributed by atoms with Crippen molar-refractivity contribution in [3.8, 4) is 0 Å². The second kappa shape index (κ2) is 6.14. The van der Waals surface area contributed by atoms with Crippen molar-refractivity contribution in [1.82, 2.24) is 30.5 Å². The summed E-state index contributed by atoms with van der Waals surface area (Å²) in [5.74, 6) is 1.40. The van der Waals surface area contributed by atoms with Gasteiger partial charge < -0.3 is 20.5 Å². The summed E-state index contributed by atoms with van der Waals surface area (Å²) < 4.78 is 0. The molecule has 1 aliphatic heterocycles. The lowest BCUT2D eigenvalue weighted by Crippen LogP contribution is -2.29. The summed E-state index contributed by atoms with van der Waals surface area (Å²) in [6, 6.07) is 1.75. The summed E-state index contributed by atoms with van der Waals surface area (Å²) in [4.78, 5) is 26.8. The van der Waals surface area contributed by atoms with Crippen LogP contribution in [0.15, 0.2) is 24.2 Å². The summed E-state index contributed by atoms with van der Waals surface area (Å²) in [5.41, 5.74) is 3.24. The molecular weight excluding hydrogens is 304 g/mol. The number of allylic oxidation sites excluding steroid dienone is 1. The van der Waals surface area contributed by atoms with Gasteiger partial charge in [-0.1, -0.05) is 0 Å². The highest BCUT2D eigenvalue weighted by Gasteiger charge is 2.27. The Bertz CT molecular complexity index is 791. The van der Waals surface area contributed by atoms with Crippen LogP contribution in [-0.4, -0.2) is 45.5 Å². The molecule has 1 amide bonds. The van der Waals surface area contributed by atoms with Gasteiger partial charge in [-0.15, -0.1) is 0 Å². The molecule has 126 valence electrons. The zero-order chi connectivity index (χ0) is 16.5. The maximum absolute atomic E-state index is 12.5. The molecule has 1 aliphatic carbocycles. The topological polar surface area (TPSA) is 85.9 Å². The maximum atomic E-state index is 12.5. The van der Waals surface area contributed by atoms with Gasteiger partial charge in [-0.25, -0.2) is 9.97 Å². The minimum Gasteiger partial charge on any atom is -0.372 e. The fourth-order valence-corrected chi connectivity index (χ4v) is 3.01. The fraction of sp³-hybridized carbons (Fsp3) is 0.471. The van der Waals surface area contributed by atoms with E-state index in [-0.39, 0.29) is 5.91 Å². The monoisotopic (exact) mass is 326 g/mol. The normalized spacial score (nSPS) is 17.0. The maximum Gasteiger partial charge on any atom is 0.253 e. The highest BCUT2D eigenvalue weighted by atomic mass is 16.1. The Labute approximate surface area is 140 Å². The number of carbonyl (C=O) groups is 1. The number of pyridine rings is 1. The first kappa shape index (κ1) is 15.0. The molecule has 0 aromatic carbocycles. The average Bonchev–Trinajstić information content (AvgIpc) is 3.22. The molecule has 2 aliphatic rings. The minimum absolute atomic E-state index is 0.0693. The van der Waals surface area contributed by atoms with Gasteiger partial charge in [0.25, 0.3) is 5.91 Å². The summed E-state index contributed by atoms with van der Waals surface area (Å²) in [7, 11) is 0. The third-order valence-corrected chi connectivity index (χ3v) is 4.60. The van der Waals surface area contributed by atoms with Crippen molar-refractivity contribution >= 4 is 17.1 Å². The Morgan fingerprint density at radius 3 is 3.08 bits per heavy atom. The number of nitrogens with one attached hydrogen (secondary N) is 3. The summed E-state index contributed by atoms with van der Waals surface area (Å²) in [5, 5.41) is 6.20. The number of nitrogens with zero attached hydrogens (tertiary/aromatic N) is 3. The Kier molecular flexibility index (Phi) is 3.84. The van der Waals surface area contributed by atoms with Gasteiger partial charge in [0.1, 0.15) is 5.82 Å². The van der Waals surface area contributed by atoms with Crippen molar-refractivity contribution in [3.05, 3.63) is 35.5 Å². The van der Waals surface area contributed by atoms with Crippen molar-refractivity contribution in [1.29, 1.82) is 0 Å². The smallest absolute Gasteiger partial charge is 0.253 e. The number of fused-ring (bicyclic) bond motifs is 1.